The molecule has 1 atom stereocenters. The van der Waals surface area contributed by atoms with E-state index in [-0.39, 0.29) is 0 Å². The number of methoxy groups -OCH3 is 1. The number of nitrogens with zero attached hydrogens (tertiary/aromatic N) is 1. The van der Waals surface area contributed by atoms with Crippen molar-refractivity contribution >= 4 is 0 Å². The van der Waals surface area contributed by atoms with Gasteiger partial charge in [-0.3, -0.25) is 0 Å². The van der Waals surface area contributed by atoms with E-state index in [1.54, 1.807) is 7.11 Å². The summed E-state index contributed by atoms with van der Waals surface area (Å²) in [6, 6.07) is 6.85. The second-order valence-corrected chi connectivity index (χ2v) is 6.57. The fraction of sp³-hybridized carbons (Fsp3) is 0.667. The molecule has 2 aliphatic heterocycles. The van der Waals surface area contributed by atoms with Gasteiger partial charge in [0.2, 0.25) is 0 Å². The standard InChI is InChI=1S/C18H28N2O2/c1-20-11-8-16(9-12-20)22-18-14(5-3-7-17(18)21-2)13-15-6-4-10-19-15/h3,5,7,15-16,19H,4,6,8-13H2,1-2H3. The number of hydrogen-bond acceptors (Lipinski definition) is 4. The van der Waals surface area contributed by atoms with Gasteiger partial charge in [0, 0.05) is 19.1 Å². The van der Waals surface area contributed by atoms with Gasteiger partial charge < -0.3 is 19.7 Å². The number of benzene rings is 1. The Bertz CT molecular complexity index is 478. The van der Waals surface area contributed by atoms with Gasteiger partial charge >= 0.3 is 0 Å². The minimum absolute atomic E-state index is 0.308. The molecular formula is C18H28N2O2. The van der Waals surface area contributed by atoms with E-state index in [0.29, 0.717) is 12.1 Å². The van der Waals surface area contributed by atoms with Gasteiger partial charge in [0.1, 0.15) is 6.10 Å². The minimum Gasteiger partial charge on any atom is -0.493 e. The molecule has 0 aliphatic carbocycles. The molecule has 2 fully saturated rings. The third kappa shape index (κ3) is 3.73. The van der Waals surface area contributed by atoms with Crippen molar-refractivity contribution in [1.82, 2.24) is 10.2 Å². The number of hydrogen-bond donors (Lipinski definition) is 1. The number of para-hydroxylation sites is 1. The normalized spacial score (nSPS) is 23.6. The molecule has 0 spiro atoms. The van der Waals surface area contributed by atoms with Crippen molar-refractivity contribution in [2.75, 3.05) is 33.8 Å². The molecule has 3 rings (SSSR count). The van der Waals surface area contributed by atoms with E-state index in [0.717, 1.165) is 50.4 Å². The molecule has 0 radical (unpaired) electrons. The Kier molecular flexibility index (Phi) is 5.21. The second-order valence-electron chi connectivity index (χ2n) is 6.57. The van der Waals surface area contributed by atoms with E-state index < -0.39 is 0 Å². The van der Waals surface area contributed by atoms with Crippen molar-refractivity contribution in [2.24, 2.45) is 0 Å². The molecule has 122 valence electrons. The lowest BCUT2D eigenvalue weighted by Crippen LogP contribution is -2.36. The van der Waals surface area contributed by atoms with Crippen molar-refractivity contribution in [3.8, 4) is 11.5 Å². The summed E-state index contributed by atoms with van der Waals surface area (Å²) in [5, 5.41) is 3.58. The Morgan fingerprint density at radius 3 is 2.73 bits per heavy atom. The van der Waals surface area contributed by atoms with E-state index in [1.807, 2.05) is 6.07 Å². The minimum atomic E-state index is 0.308. The lowest BCUT2D eigenvalue weighted by atomic mass is 10.0. The highest BCUT2D eigenvalue weighted by Gasteiger charge is 2.23. The van der Waals surface area contributed by atoms with Crippen molar-refractivity contribution in [1.29, 1.82) is 0 Å². The Morgan fingerprint density at radius 2 is 2.05 bits per heavy atom. The van der Waals surface area contributed by atoms with Crippen LogP contribution in [0.3, 0.4) is 0 Å². The summed E-state index contributed by atoms with van der Waals surface area (Å²) >= 11 is 0. The maximum atomic E-state index is 6.39. The highest BCUT2D eigenvalue weighted by molar-refractivity contribution is 5.47. The van der Waals surface area contributed by atoms with Crippen LogP contribution in [0.2, 0.25) is 0 Å². The number of likely N-dealkylation sites (tertiary alicyclic amines) is 1. The summed E-state index contributed by atoms with van der Waals surface area (Å²) in [4.78, 5) is 2.37. The molecule has 0 amide bonds. The van der Waals surface area contributed by atoms with Gasteiger partial charge in [-0.05, 0) is 57.3 Å². The lowest BCUT2D eigenvalue weighted by molar-refractivity contribution is 0.110. The van der Waals surface area contributed by atoms with Crippen molar-refractivity contribution in [3.63, 3.8) is 0 Å². The van der Waals surface area contributed by atoms with Crippen LogP contribution in [0.25, 0.3) is 0 Å². The number of piperidine rings is 1. The second kappa shape index (κ2) is 7.34. The van der Waals surface area contributed by atoms with Gasteiger partial charge in [-0.1, -0.05) is 12.1 Å². The first-order valence-electron chi connectivity index (χ1n) is 8.50. The molecule has 0 saturated carbocycles. The van der Waals surface area contributed by atoms with Gasteiger partial charge in [-0.25, -0.2) is 0 Å². The number of ether oxygens (including phenoxy) is 2. The molecule has 1 unspecified atom stereocenters. The highest BCUT2D eigenvalue weighted by atomic mass is 16.5. The first-order chi connectivity index (χ1) is 10.8. The smallest absolute Gasteiger partial charge is 0.164 e. The third-order valence-corrected chi connectivity index (χ3v) is 4.86. The summed E-state index contributed by atoms with van der Waals surface area (Å²) in [7, 11) is 3.91. The van der Waals surface area contributed by atoms with Gasteiger partial charge in [0.05, 0.1) is 7.11 Å². The maximum absolute atomic E-state index is 6.39. The fourth-order valence-electron chi connectivity index (χ4n) is 3.48. The zero-order chi connectivity index (χ0) is 15.4. The van der Waals surface area contributed by atoms with E-state index in [4.69, 9.17) is 9.47 Å². The summed E-state index contributed by atoms with van der Waals surface area (Å²) in [5.74, 6) is 1.84. The van der Waals surface area contributed by atoms with Crippen LogP contribution in [-0.2, 0) is 6.42 Å². The van der Waals surface area contributed by atoms with Crippen LogP contribution >= 0.6 is 0 Å². The molecule has 2 heterocycles. The number of rotatable bonds is 5. The summed E-state index contributed by atoms with van der Waals surface area (Å²) in [5.41, 5.74) is 1.28. The van der Waals surface area contributed by atoms with Crippen LogP contribution in [0.15, 0.2) is 18.2 Å². The molecule has 1 aromatic rings. The summed E-state index contributed by atoms with van der Waals surface area (Å²) < 4.78 is 11.9. The Morgan fingerprint density at radius 1 is 1.23 bits per heavy atom. The van der Waals surface area contributed by atoms with Crippen molar-refractivity contribution < 1.29 is 9.47 Å². The van der Waals surface area contributed by atoms with Gasteiger partial charge in [0.25, 0.3) is 0 Å². The van der Waals surface area contributed by atoms with Gasteiger partial charge in [0.15, 0.2) is 11.5 Å². The molecule has 1 N–H and O–H groups in total. The molecule has 0 aromatic heterocycles. The average molecular weight is 304 g/mol. The zero-order valence-corrected chi connectivity index (χ0v) is 13.8. The Labute approximate surface area is 133 Å². The maximum Gasteiger partial charge on any atom is 0.164 e. The van der Waals surface area contributed by atoms with E-state index >= 15 is 0 Å². The molecule has 4 nitrogen and oxygen atoms in total. The first-order valence-corrected chi connectivity index (χ1v) is 8.50. The Hall–Kier alpha value is -1.26. The average Bonchev–Trinajstić information content (AvgIpc) is 3.04. The first kappa shape index (κ1) is 15.6. The van der Waals surface area contributed by atoms with Crippen molar-refractivity contribution in [3.05, 3.63) is 23.8 Å². The molecule has 22 heavy (non-hydrogen) atoms. The van der Waals surface area contributed by atoms with Crippen LogP contribution < -0.4 is 14.8 Å². The van der Waals surface area contributed by atoms with Crippen LogP contribution in [-0.4, -0.2) is 50.8 Å². The molecular weight excluding hydrogens is 276 g/mol. The summed E-state index contributed by atoms with van der Waals surface area (Å²) in [6.07, 6.45) is 6.05. The fourth-order valence-corrected chi connectivity index (χ4v) is 3.48. The SMILES string of the molecule is COc1cccc(CC2CCCN2)c1OC1CCN(C)CC1. The van der Waals surface area contributed by atoms with Crippen LogP contribution in [0.1, 0.15) is 31.2 Å². The lowest BCUT2D eigenvalue weighted by Gasteiger charge is -2.30. The quantitative estimate of drug-likeness (QED) is 0.906. The molecule has 2 saturated heterocycles. The van der Waals surface area contributed by atoms with Gasteiger partial charge in [-0.15, -0.1) is 0 Å². The molecule has 1 aromatic carbocycles. The topological polar surface area (TPSA) is 33.7 Å². The molecule has 2 aliphatic rings. The van der Waals surface area contributed by atoms with E-state index in [2.05, 4.69) is 29.4 Å². The van der Waals surface area contributed by atoms with Crippen molar-refractivity contribution in [2.45, 2.75) is 44.2 Å². The predicted molar refractivity (Wildman–Crippen MR) is 88.9 cm³/mol. The highest BCUT2D eigenvalue weighted by Crippen LogP contribution is 2.34. The van der Waals surface area contributed by atoms with E-state index in [9.17, 15) is 0 Å². The zero-order valence-electron chi connectivity index (χ0n) is 13.8. The van der Waals surface area contributed by atoms with E-state index in [1.165, 1.54) is 18.4 Å². The van der Waals surface area contributed by atoms with Crippen LogP contribution in [0.4, 0.5) is 0 Å². The summed E-state index contributed by atoms with van der Waals surface area (Å²) in [6.45, 7) is 3.36. The molecule has 4 heteroatoms. The largest absolute Gasteiger partial charge is 0.493 e. The van der Waals surface area contributed by atoms with Crippen LogP contribution in [0, 0.1) is 0 Å². The number of nitrogens with one attached hydrogen (secondary N) is 1. The van der Waals surface area contributed by atoms with Gasteiger partial charge in [-0.2, -0.15) is 0 Å². The monoisotopic (exact) mass is 304 g/mol. The van der Waals surface area contributed by atoms with Crippen LogP contribution in [0.5, 0.6) is 11.5 Å². The molecule has 0 bridgehead atoms. The predicted octanol–water partition coefficient (Wildman–Crippen LogP) is 2.46. The third-order valence-electron chi connectivity index (χ3n) is 4.86. The Balaban J connectivity index is 1.74.